The third-order valence-electron chi connectivity index (χ3n) is 6.01. The van der Waals surface area contributed by atoms with Crippen LogP contribution >= 0.6 is 11.6 Å². The van der Waals surface area contributed by atoms with Crippen LogP contribution in [0.1, 0.15) is 31.9 Å². The fraction of sp³-hybridized carbons (Fsp3) is 0.458. The number of ether oxygens (including phenoxy) is 2. The van der Waals surface area contributed by atoms with E-state index in [9.17, 15) is 4.39 Å². The lowest BCUT2D eigenvalue weighted by molar-refractivity contribution is -0.0705. The van der Waals surface area contributed by atoms with Gasteiger partial charge in [0.15, 0.2) is 17.4 Å². The molecule has 0 aliphatic carbocycles. The van der Waals surface area contributed by atoms with Gasteiger partial charge in [-0.1, -0.05) is 11.6 Å². The summed E-state index contributed by atoms with van der Waals surface area (Å²) >= 11 is 6.29. The largest absolute Gasteiger partial charge is 0.489 e. The molecule has 2 aliphatic rings. The Hall–Kier alpha value is -2.75. The van der Waals surface area contributed by atoms with Gasteiger partial charge in [0.25, 0.3) is 0 Å². The number of halogens is 2. The molecule has 1 aromatic carbocycles. The van der Waals surface area contributed by atoms with Gasteiger partial charge in [0.1, 0.15) is 18.8 Å². The predicted molar refractivity (Wildman–Crippen MR) is 127 cm³/mol. The van der Waals surface area contributed by atoms with E-state index >= 15 is 0 Å². The Kier molecular flexibility index (Phi) is 6.42. The first-order chi connectivity index (χ1) is 16.4. The number of hydrogen-bond acceptors (Lipinski definition) is 7. The van der Waals surface area contributed by atoms with E-state index in [4.69, 9.17) is 26.1 Å². The molecule has 10 heteroatoms. The summed E-state index contributed by atoms with van der Waals surface area (Å²) in [7, 11) is 0. The van der Waals surface area contributed by atoms with Crippen molar-refractivity contribution >= 4 is 17.4 Å². The highest BCUT2D eigenvalue weighted by atomic mass is 35.5. The Morgan fingerprint density at radius 1 is 1.12 bits per heavy atom. The van der Waals surface area contributed by atoms with Crippen molar-refractivity contribution in [1.29, 1.82) is 0 Å². The van der Waals surface area contributed by atoms with Gasteiger partial charge in [-0.2, -0.15) is 5.10 Å². The van der Waals surface area contributed by atoms with Crippen molar-refractivity contribution < 1.29 is 13.9 Å². The van der Waals surface area contributed by atoms with Crippen LogP contribution in [0.4, 0.5) is 10.2 Å². The van der Waals surface area contributed by atoms with E-state index < -0.39 is 5.82 Å². The lowest BCUT2D eigenvalue weighted by Gasteiger charge is -2.35. The van der Waals surface area contributed by atoms with Gasteiger partial charge in [0, 0.05) is 32.4 Å². The van der Waals surface area contributed by atoms with Crippen LogP contribution in [0, 0.1) is 5.82 Å². The number of anilines is 1. The Morgan fingerprint density at radius 2 is 1.91 bits per heavy atom. The van der Waals surface area contributed by atoms with Gasteiger partial charge in [0.2, 0.25) is 0 Å². The summed E-state index contributed by atoms with van der Waals surface area (Å²) in [5.41, 5.74) is 2.74. The molecule has 0 saturated carbocycles. The van der Waals surface area contributed by atoms with Crippen LogP contribution in [0.2, 0.25) is 5.02 Å². The number of hydrogen-bond donors (Lipinski definition) is 0. The first-order valence-corrected chi connectivity index (χ1v) is 11.9. The fourth-order valence-corrected chi connectivity index (χ4v) is 5.10. The molecule has 0 N–H and O–H groups in total. The Balaban J connectivity index is 1.42. The molecule has 0 unspecified atom stereocenters. The maximum atomic E-state index is 14.6. The molecule has 2 aromatic heterocycles. The maximum absolute atomic E-state index is 14.6. The summed E-state index contributed by atoms with van der Waals surface area (Å²) in [6, 6.07) is 5.33. The van der Waals surface area contributed by atoms with Crippen molar-refractivity contribution in [1.82, 2.24) is 24.6 Å². The number of aromatic nitrogens is 4. The monoisotopic (exact) mass is 486 g/mol. The predicted octanol–water partition coefficient (Wildman–Crippen LogP) is 4.12. The van der Waals surface area contributed by atoms with Gasteiger partial charge in [0.05, 0.1) is 29.4 Å². The second kappa shape index (κ2) is 9.48. The number of fused-ring (bicyclic) bond motifs is 3. The molecule has 180 valence electrons. The van der Waals surface area contributed by atoms with Crippen molar-refractivity contribution in [2.45, 2.75) is 52.7 Å². The molecule has 0 bridgehead atoms. The van der Waals surface area contributed by atoms with E-state index in [0.29, 0.717) is 19.8 Å². The third kappa shape index (κ3) is 4.60. The number of benzene rings is 1. The van der Waals surface area contributed by atoms with Gasteiger partial charge in [-0.25, -0.2) is 19.0 Å². The summed E-state index contributed by atoms with van der Waals surface area (Å²) < 4.78 is 27.6. The van der Waals surface area contributed by atoms with E-state index in [1.165, 1.54) is 6.07 Å². The molecule has 0 amide bonds. The Bertz CT molecular complexity index is 1160. The minimum atomic E-state index is -0.472. The van der Waals surface area contributed by atoms with E-state index in [2.05, 4.69) is 34.9 Å². The fourth-order valence-electron chi connectivity index (χ4n) is 4.81. The second-order valence-electron chi connectivity index (χ2n) is 8.91. The topological polar surface area (TPSA) is 68.5 Å². The highest BCUT2D eigenvalue weighted by Crippen LogP contribution is 2.36. The maximum Gasteiger partial charge on any atom is 0.173 e. The molecule has 8 nitrogen and oxygen atoms in total. The number of nitrogens with zero attached hydrogens (tertiary/aromatic N) is 6. The number of pyridine rings is 1. The van der Waals surface area contributed by atoms with Crippen LogP contribution in [-0.2, 0) is 24.5 Å². The minimum absolute atomic E-state index is 0.0834. The summed E-state index contributed by atoms with van der Waals surface area (Å²) in [6.45, 7) is 9.77. The molecule has 34 heavy (non-hydrogen) atoms. The quantitative estimate of drug-likeness (QED) is 0.519. The van der Waals surface area contributed by atoms with Crippen LogP contribution in [-0.4, -0.2) is 56.6 Å². The molecule has 4 heterocycles. The second-order valence-corrected chi connectivity index (χ2v) is 9.32. The normalized spacial score (nSPS) is 20.2. The highest BCUT2D eigenvalue weighted by molar-refractivity contribution is 6.32. The van der Waals surface area contributed by atoms with Gasteiger partial charge >= 0.3 is 0 Å². The number of morpholine rings is 1. The van der Waals surface area contributed by atoms with E-state index in [0.717, 1.165) is 48.0 Å². The molecule has 5 rings (SSSR count). The highest BCUT2D eigenvalue weighted by Gasteiger charge is 2.27. The van der Waals surface area contributed by atoms with Crippen LogP contribution < -0.4 is 9.64 Å². The first kappa shape index (κ1) is 23.0. The first-order valence-electron chi connectivity index (χ1n) is 11.5. The minimum Gasteiger partial charge on any atom is -0.489 e. The molecule has 1 fully saturated rings. The summed E-state index contributed by atoms with van der Waals surface area (Å²) in [6.07, 6.45) is 3.87. The Labute approximate surface area is 203 Å². The van der Waals surface area contributed by atoms with Crippen LogP contribution in [0.3, 0.4) is 0 Å². The molecule has 2 aliphatic heterocycles. The van der Waals surface area contributed by atoms with E-state index in [1.54, 1.807) is 19.3 Å². The SMILES string of the molecule is CCOc1c(F)cc(CN2Cn3ncnc3-c3cc(CN4C[C@@H](C)O[C@@H](C)C4)cnc32)cc1Cl. The molecule has 0 spiro atoms. The zero-order valence-corrected chi connectivity index (χ0v) is 20.3. The standard InChI is InChI=1S/C24H28ClFN6O2/c1-4-33-22-20(25)6-17(7-21(22)26)12-31-14-32-24(28-13-29-32)19-5-18(8-27-23(19)31)11-30-9-15(2)34-16(3)10-30/h5-8,13,15-16H,4,9-12,14H2,1-3H3/t15-,16+. The van der Waals surface area contributed by atoms with E-state index in [1.807, 2.05) is 15.8 Å². The number of rotatable bonds is 6. The lowest BCUT2D eigenvalue weighted by Crippen LogP contribution is -2.44. The molecular weight excluding hydrogens is 459 g/mol. The lowest BCUT2D eigenvalue weighted by atomic mass is 10.1. The molecule has 0 radical (unpaired) electrons. The van der Waals surface area contributed by atoms with Crippen LogP contribution in [0.5, 0.6) is 5.75 Å². The molecule has 1 saturated heterocycles. The van der Waals surface area contributed by atoms with Crippen molar-refractivity contribution in [3.8, 4) is 17.1 Å². The average Bonchev–Trinajstić information content (AvgIpc) is 3.24. The molecule has 3 aromatic rings. The van der Waals surface area contributed by atoms with Crippen molar-refractivity contribution in [2.24, 2.45) is 0 Å². The van der Waals surface area contributed by atoms with Gasteiger partial charge in [-0.15, -0.1) is 0 Å². The zero-order chi connectivity index (χ0) is 23.8. The van der Waals surface area contributed by atoms with Crippen LogP contribution in [0.15, 0.2) is 30.7 Å². The van der Waals surface area contributed by atoms with E-state index in [-0.39, 0.29) is 23.0 Å². The van der Waals surface area contributed by atoms with Gasteiger partial charge < -0.3 is 14.4 Å². The van der Waals surface area contributed by atoms with Crippen molar-refractivity contribution in [3.05, 3.63) is 52.7 Å². The van der Waals surface area contributed by atoms with Crippen LogP contribution in [0.25, 0.3) is 11.4 Å². The average molecular weight is 487 g/mol. The summed E-state index contributed by atoms with van der Waals surface area (Å²) in [5.74, 6) is 1.18. The smallest absolute Gasteiger partial charge is 0.173 e. The van der Waals surface area contributed by atoms with Gasteiger partial charge in [-0.3, -0.25) is 4.90 Å². The molecular formula is C24H28ClFN6O2. The summed E-state index contributed by atoms with van der Waals surface area (Å²) in [5, 5.41) is 4.63. The molecule has 2 atom stereocenters. The Morgan fingerprint density at radius 3 is 2.65 bits per heavy atom. The zero-order valence-electron chi connectivity index (χ0n) is 19.5. The van der Waals surface area contributed by atoms with Crippen molar-refractivity contribution in [3.63, 3.8) is 0 Å². The summed E-state index contributed by atoms with van der Waals surface area (Å²) in [4.78, 5) is 13.7. The third-order valence-corrected chi connectivity index (χ3v) is 6.29. The van der Waals surface area contributed by atoms with Crippen molar-refractivity contribution in [2.75, 3.05) is 24.6 Å². The van der Waals surface area contributed by atoms with Gasteiger partial charge in [-0.05, 0) is 50.1 Å².